The highest BCUT2D eigenvalue weighted by Crippen LogP contribution is 2.25. The van der Waals surface area contributed by atoms with E-state index in [0.717, 1.165) is 15.9 Å². The minimum Gasteiger partial charge on any atom is -0.369 e. The van der Waals surface area contributed by atoms with Crippen molar-refractivity contribution in [2.75, 3.05) is 5.73 Å². The summed E-state index contributed by atoms with van der Waals surface area (Å²) in [6.45, 7) is 0. The van der Waals surface area contributed by atoms with Crippen molar-refractivity contribution < 1.29 is 0 Å². The molecule has 2 rings (SSSR count). The summed E-state index contributed by atoms with van der Waals surface area (Å²) >= 11 is 3.33. The second-order valence-electron chi connectivity index (χ2n) is 2.53. The van der Waals surface area contributed by atoms with E-state index < -0.39 is 0 Å². The van der Waals surface area contributed by atoms with Gasteiger partial charge in [0.2, 0.25) is 0 Å². The summed E-state index contributed by atoms with van der Waals surface area (Å²) in [6.07, 6.45) is 3.45. The summed E-state index contributed by atoms with van der Waals surface area (Å²) < 4.78 is 0.776. The van der Waals surface area contributed by atoms with Crippen LogP contribution in [0.3, 0.4) is 0 Å². The number of nitrogens with zero attached hydrogens (tertiary/aromatic N) is 2. The highest BCUT2D eigenvalue weighted by atomic mass is 79.9. The molecule has 0 aliphatic heterocycles. The van der Waals surface area contributed by atoms with E-state index in [0.29, 0.717) is 5.95 Å². The Morgan fingerprint density at radius 3 is 2.85 bits per heavy atom. The lowest BCUT2D eigenvalue weighted by atomic mass is 10.2. The smallest absolute Gasteiger partial charge is 0.198 e. The molecular formula is C8H7BrN4. The SMILES string of the molecule is Nc1nc(-c2cccnc2)c(Br)[nH]1. The molecule has 0 atom stereocenters. The van der Waals surface area contributed by atoms with E-state index in [2.05, 4.69) is 30.9 Å². The van der Waals surface area contributed by atoms with Gasteiger partial charge in [0.1, 0.15) is 10.3 Å². The lowest BCUT2D eigenvalue weighted by Gasteiger charge is -1.94. The lowest BCUT2D eigenvalue weighted by molar-refractivity contribution is 1.30. The number of anilines is 1. The van der Waals surface area contributed by atoms with Crippen LogP contribution < -0.4 is 5.73 Å². The first-order valence-electron chi connectivity index (χ1n) is 3.69. The van der Waals surface area contributed by atoms with Crippen molar-refractivity contribution in [3.05, 3.63) is 29.1 Å². The van der Waals surface area contributed by atoms with Gasteiger partial charge in [0.05, 0.1) is 0 Å². The van der Waals surface area contributed by atoms with Crippen LogP contribution in [0.5, 0.6) is 0 Å². The quantitative estimate of drug-likeness (QED) is 0.797. The van der Waals surface area contributed by atoms with Gasteiger partial charge in [-0.2, -0.15) is 0 Å². The minimum absolute atomic E-state index is 0.394. The second-order valence-corrected chi connectivity index (χ2v) is 3.32. The largest absolute Gasteiger partial charge is 0.369 e. The van der Waals surface area contributed by atoms with Gasteiger partial charge < -0.3 is 10.7 Å². The van der Waals surface area contributed by atoms with Gasteiger partial charge in [-0.05, 0) is 28.1 Å². The number of imidazole rings is 1. The van der Waals surface area contributed by atoms with Crippen molar-refractivity contribution in [3.63, 3.8) is 0 Å². The van der Waals surface area contributed by atoms with E-state index in [1.165, 1.54) is 0 Å². The molecule has 2 aromatic heterocycles. The molecule has 5 heteroatoms. The molecule has 0 fully saturated rings. The van der Waals surface area contributed by atoms with Crippen molar-refractivity contribution in [2.24, 2.45) is 0 Å². The number of H-pyrrole nitrogens is 1. The number of nitrogen functional groups attached to an aromatic ring is 1. The third-order valence-corrected chi connectivity index (χ3v) is 2.19. The number of hydrogen-bond acceptors (Lipinski definition) is 3. The number of aromatic amines is 1. The topological polar surface area (TPSA) is 67.6 Å². The molecule has 0 amide bonds. The van der Waals surface area contributed by atoms with E-state index in [-0.39, 0.29) is 0 Å². The molecule has 0 aliphatic carbocycles. The minimum atomic E-state index is 0.394. The van der Waals surface area contributed by atoms with Gasteiger partial charge in [0, 0.05) is 18.0 Å². The van der Waals surface area contributed by atoms with Crippen LogP contribution in [0.2, 0.25) is 0 Å². The van der Waals surface area contributed by atoms with Gasteiger partial charge in [-0.25, -0.2) is 4.98 Å². The monoisotopic (exact) mass is 238 g/mol. The lowest BCUT2D eigenvalue weighted by Crippen LogP contribution is -1.85. The highest BCUT2D eigenvalue weighted by molar-refractivity contribution is 9.10. The Morgan fingerprint density at radius 2 is 2.31 bits per heavy atom. The van der Waals surface area contributed by atoms with Crippen LogP contribution in [0.15, 0.2) is 29.1 Å². The molecule has 0 saturated carbocycles. The highest BCUT2D eigenvalue weighted by Gasteiger charge is 2.07. The Hall–Kier alpha value is -1.36. The molecule has 0 saturated heterocycles. The summed E-state index contributed by atoms with van der Waals surface area (Å²) in [5.41, 5.74) is 7.22. The third kappa shape index (κ3) is 1.55. The number of halogens is 1. The average molecular weight is 239 g/mol. The van der Waals surface area contributed by atoms with Gasteiger partial charge in [0.15, 0.2) is 5.95 Å². The number of rotatable bonds is 1. The predicted octanol–water partition coefficient (Wildman–Crippen LogP) is 1.82. The fraction of sp³-hybridized carbons (Fsp3) is 0. The zero-order valence-electron chi connectivity index (χ0n) is 6.66. The molecule has 66 valence electrons. The Kier molecular flexibility index (Phi) is 2.02. The third-order valence-electron chi connectivity index (χ3n) is 1.61. The molecule has 0 radical (unpaired) electrons. The van der Waals surface area contributed by atoms with Crippen LogP contribution in [0, 0.1) is 0 Å². The summed E-state index contributed by atoms with van der Waals surface area (Å²) in [4.78, 5) is 11.0. The number of nitrogens with two attached hydrogens (primary N) is 1. The maximum Gasteiger partial charge on any atom is 0.198 e. The van der Waals surface area contributed by atoms with Crippen LogP contribution in [-0.2, 0) is 0 Å². The Morgan fingerprint density at radius 1 is 1.46 bits per heavy atom. The van der Waals surface area contributed by atoms with Crippen molar-refractivity contribution in [1.82, 2.24) is 15.0 Å². The number of nitrogens with one attached hydrogen (secondary N) is 1. The fourth-order valence-electron chi connectivity index (χ4n) is 1.06. The predicted molar refractivity (Wildman–Crippen MR) is 53.9 cm³/mol. The maximum absolute atomic E-state index is 5.50. The number of pyridine rings is 1. The molecular weight excluding hydrogens is 232 g/mol. The van der Waals surface area contributed by atoms with Crippen LogP contribution >= 0.6 is 15.9 Å². The maximum atomic E-state index is 5.50. The summed E-state index contributed by atoms with van der Waals surface area (Å²) in [7, 11) is 0. The van der Waals surface area contributed by atoms with Crippen LogP contribution in [0.4, 0.5) is 5.95 Å². The molecule has 0 aliphatic rings. The van der Waals surface area contributed by atoms with E-state index in [4.69, 9.17) is 5.73 Å². The Balaban J connectivity index is 2.53. The average Bonchev–Trinajstić information content (AvgIpc) is 2.47. The molecule has 0 bridgehead atoms. The summed E-state index contributed by atoms with van der Waals surface area (Å²) in [5.74, 6) is 0.394. The van der Waals surface area contributed by atoms with Crippen molar-refractivity contribution in [1.29, 1.82) is 0 Å². The molecule has 2 aromatic rings. The van der Waals surface area contributed by atoms with E-state index >= 15 is 0 Å². The molecule has 13 heavy (non-hydrogen) atoms. The Bertz CT molecular complexity index is 409. The van der Waals surface area contributed by atoms with Crippen LogP contribution in [-0.4, -0.2) is 15.0 Å². The number of aromatic nitrogens is 3. The zero-order chi connectivity index (χ0) is 9.26. The van der Waals surface area contributed by atoms with Crippen molar-refractivity contribution in [3.8, 4) is 11.3 Å². The molecule has 0 unspecified atom stereocenters. The standard InChI is InChI=1S/C8H7BrN4/c9-7-6(12-8(10)13-7)5-2-1-3-11-4-5/h1-4H,(H3,10,12,13). The van der Waals surface area contributed by atoms with Gasteiger partial charge >= 0.3 is 0 Å². The van der Waals surface area contributed by atoms with E-state index in [1.807, 2.05) is 12.1 Å². The Labute approximate surface area is 83.3 Å². The first-order valence-corrected chi connectivity index (χ1v) is 4.48. The zero-order valence-corrected chi connectivity index (χ0v) is 8.25. The molecule has 0 aromatic carbocycles. The number of hydrogen-bond donors (Lipinski definition) is 2. The first kappa shape index (κ1) is 8.25. The van der Waals surface area contributed by atoms with Gasteiger partial charge in [-0.15, -0.1) is 0 Å². The van der Waals surface area contributed by atoms with Gasteiger partial charge in [-0.1, -0.05) is 0 Å². The molecule has 0 spiro atoms. The normalized spacial score (nSPS) is 10.2. The van der Waals surface area contributed by atoms with Gasteiger partial charge in [0.25, 0.3) is 0 Å². The van der Waals surface area contributed by atoms with Crippen LogP contribution in [0.1, 0.15) is 0 Å². The van der Waals surface area contributed by atoms with Gasteiger partial charge in [-0.3, -0.25) is 4.98 Å². The first-order chi connectivity index (χ1) is 6.27. The summed E-state index contributed by atoms with van der Waals surface area (Å²) in [6, 6.07) is 3.78. The molecule has 2 heterocycles. The second kappa shape index (κ2) is 3.18. The summed E-state index contributed by atoms with van der Waals surface area (Å²) in [5, 5.41) is 0. The van der Waals surface area contributed by atoms with Crippen LogP contribution in [0.25, 0.3) is 11.3 Å². The molecule has 4 nitrogen and oxygen atoms in total. The van der Waals surface area contributed by atoms with Crippen molar-refractivity contribution >= 4 is 21.9 Å². The van der Waals surface area contributed by atoms with E-state index in [9.17, 15) is 0 Å². The van der Waals surface area contributed by atoms with Crippen molar-refractivity contribution in [2.45, 2.75) is 0 Å². The van der Waals surface area contributed by atoms with E-state index in [1.54, 1.807) is 12.4 Å². The molecule has 3 N–H and O–H groups in total. The fourth-order valence-corrected chi connectivity index (χ4v) is 1.58.